The second-order valence-electron chi connectivity index (χ2n) is 5.71. The van der Waals surface area contributed by atoms with Crippen LogP contribution >= 0.6 is 0 Å². The monoisotopic (exact) mass is 210 g/mol. The van der Waals surface area contributed by atoms with Gasteiger partial charge in [0.05, 0.1) is 5.54 Å². The van der Waals surface area contributed by atoms with Crippen LogP contribution in [0.15, 0.2) is 0 Å². The van der Waals surface area contributed by atoms with Crippen LogP contribution in [0.5, 0.6) is 0 Å². The Morgan fingerprint density at radius 1 is 1.20 bits per heavy atom. The first-order chi connectivity index (χ1) is 7.04. The number of hydrogen-bond acceptors (Lipinski definition) is 2. The lowest BCUT2D eigenvalue weighted by Crippen LogP contribution is -2.51. The molecular formula is C12H22N2O. The van der Waals surface area contributed by atoms with Gasteiger partial charge in [0.2, 0.25) is 5.91 Å². The minimum Gasteiger partial charge on any atom is -0.349 e. The lowest BCUT2D eigenvalue weighted by Gasteiger charge is -2.31. The molecule has 1 amide bonds. The average Bonchev–Trinajstić information content (AvgIpc) is 2.76. The van der Waals surface area contributed by atoms with E-state index in [2.05, 4.69) is 24.5 Å². The van der Waals surface area contributed by atoms with Gasteiger partial charge in [0.25, 0.3) is 0 Å². The van der Waals surface area contributed by atoms with Crippen LogP contribution in [0.25, 0.3) is 0 Å². The first-order valence-corrected chi connectivity index (χ1v) is 6.08. The van der Waals surface area contributed by atoms with Crippen molar-refractivity contribution >= 4 is 5.91 Å². The largest absolute Gasteiger partial charge is 0.349 e. The van der Waals surface area contributed by atoms with Crippen LogP contribution in [0.2, 0.25) is 0 Å². The number of carbonyl (C=O) groups is 1. The second-order valence-corrected chi connectivity index (χ2v) is 5.71. The number of rotatable bonds is 2. The molecule has 15 heavy (non-hydrogen) atoms. The zero-order chi connectivity index (χ0) is 10.9. The van der Waals surface area contributed by atoms with Crippen LogP contribution in [0.1, 0.15) is 46.0 Å². The molecule has 1 saturated heterocycles. The molecule has 0 aromatic heterocycles. The van der Waals surface area contributed by atoms with Crippen LogP contribution in [-0.2, 0) is 4.79 Å². The van der Waals surface area contributed by atoms with Gasteiger partial charge in [-0.2, -0.15) is 0 Å². The van der Waals surface area contributed by atoms with Crippen molar-refractivity contribution in [3.8, 4) is 0 Å². The molecule has 1 aliphatic carbocycles. The third kappa shape index (κ3) is 2.17. The van der Waals surface area contributed by atoms with Gasteiger partial charge in [-0.3, -0.25) is 4.79 Å². The summed E-state index contributed by atoms with van der Waals surface area (Å²) in [6, 6.07) is 0. The van der Waals surface area contributed by atoms with Gasteiger partial charge < -0.3 is 10.6 Å². The number of carbonyl (C=O) groups excluding carboxylic acids is 1. The minimum absolute atomic E-state index is 0.0112. The predicted molar refractivity (Wildman–Crippen MR) is 60.6 cm³/mol. The molecule has 0 aromatic rings. The minimum atomic E-state index is -0.0917. The highest BCUT2D eigenvalue weighted by Gasteiger charge is 2.40. The molecule has 1 aliphatic heterocycles. The molecule has 0 bridgehead atoms. The van der Waals surface area contributed by atoms with Gasteiger partial charge in [-0.15, -0.1) is 0 Å². The summed E-state index contributed by atoms with van der Waals surface area (Å²) in [5.41, 5.74) is -0.103. The summed E-state index contributed by atoms with van der Waals surface area (Å²) in [5.74, 6) is 0.270. The molecule has 2 fully saturated rings. The van der Waals surface area contributed by atoms with Crippen molar-refractivity contribution in [2.75, 3.05) is 13.1 Å². The Morgan fingerprint density at radius 2 is 1.87 bits per heavy atom. The van der Waals surface area contributed by atoms with Crippen molar-refractivity contribution in [3.05, 3.63) is 0 Å². The Bertz CT molecular complexity index is 250. The van der Waals surface area contributed by atoms with Crippen molar-refractivity contribution in [1.29, 1.82) is 0 Å². The fraction of sp³-hybridized carbons (Fsp3) is 0.917. The topological polar surface area (TPSA) is 41.1 Å². The molecule has 0 radical (unpaired) electrons. The summed E-state index contributed by atoms with van der Waals surface area (Å²) in [6.45, 7) is 6.19. The molecule has 1 atom stereocenters. The molecule has 2 rings (SSSR count). The van der Waals surface area contributed by atoms with Crippen LogP contribution < -0.4 is 10.6 Å². The number of nitrogens with one attached hydrogen (secondary N) is 2. The lowest BCUT2D eigenvalue weighted by molar-refractivity contribution is -0.131. The summed E-state index contributed by atoms with van der Waals surface area (Å²) in [5, 5.41) is 6.54. The molecule has 0 spiro atoms. The van der Waals surface area contributed by atoms with E-state index in [1.54, 1.807) is 0 Å². The Labute approximate surface area is 92.0 Å². The first-order valence-electron chi connectivity index (χ1n) is 6.08. The van der Waals surface area contributed by atoms with E-state index in [1.165, 1.54) is 12.8 Å². The number of hydrogen-bond donors (Lipinski definition) is 2. The van der Waals surface area contributed by atoms with Crippen molar-refractivity contribution in [3.63, 3.8) is 0 Å². The summed E-state index contributed by atoms with van der Waals surface area (Å²) in [6.07, 6.45) is 5.58. The molecule has 3 heteroatoms. The van der Waals surface area contributed by atoms with Crippen molar-refractivity contribution in [1.82, 2.24) is 10.6 Å². The lowest BCUT2D eigenvalue weighted by atomic mass is 9.86. The average molecular weight is 210 g/mol. The molecule has 2 aliphatic rings. The molecular weight excluding hydrogens is 188 g/mol. The molecule has 1 unspecified atom stereocenters. The van der Waals surface area contributed by atoms with Crippen molar-refractivity contribution in [2.45, 2.75) is 51.5 Å². The van der Waals surface area contributed by atoms with Gasteiger partial charge in [0, 0.05) is 12.0 Å². The maximum Gasteiger partial charge on any atom is 0.226 e. The van der Waals surface area contributed by atoms with E-state index in [-0.39, 0.29) is 16.9 Å². The van der Waals surface area contributed by atoms with E-state index >= 15 is 0 Å². The van der Waals surface area contributed by atoms with Gasteiger partial charge in [-0.1, -0.05) is 19.8 Å². The quantitative estimate of drug-likeness (QED) is 0.724. The zero-order valence-electron chi connectivity index (χ0n) is 9.86. The van der Waals surface area contributed by atoms with Crippen LogP contribution in [-0.4, -0.2) is 24.5 Å². The normalized spacial score (nSPS) is 34.3. The van der Waals surface area contributed by atoms with E-state index in [0.717, 1.165) is 32.4 Å². The zero-order valence-corrected chi connectivity index (χ0v) is 9.86. The van der Waals surface area contributed by atoms with Gasteiger partial charge in [0.1, 0.15) is 0 Å². The molecule has 86 valence electrons. The molecule has 0 aromatic carbocycles. The van der Waals surface area contributed by atoms with E-state index in [1.807, 2.05) is 0 Å². The molecule has 3 nitrogen and oxygen atoms in total. The van der Waals surface area contributed by atoms with Gasteiger partial charge in [-0.25, -0.2) is 0 Å². The summed E-state index contributed by atoms with van der Waals surface area (Å²) in [4.78, 5) is 12.2. The molecule has 1 saturated carbocycles. The maximum absolute atomic E-state index is 12.2. The van der Waals surface area contributed by atoms with Gasteiger partial charge >= 0.3 is 0 Å². The number of amides is 1. The van der Waals surface area contributed by atoms with Crippen molar-refractivity contribution in [2.24, 2.45) is 5.41 Å². The van der Waals surface area contributed by atoms with E-state index in [9.17, 15) is 4.79 Å². The third-order valence-electron chi connectivity index (χ3n) is 4.04. The smallest absolute Gasteiger partial charge is 0.226 e. The fourth-order valence-electron chi connectivity index (χ4n) is 2.73. The molecule has 2 N–H and O–H groups in total. The predicted octanol–water partition coefficient (Wildman–Crippen LogP) is 1.43. The Kier molecular flexibility index (Phi) is 2.75. The third-order valence-corrected chi connectivity index (χ3v) is 4.04. The Morgan fingerprint density at radius 3 is 2.40 bits per heavy atom. The first kappa shape index (κ1) is 10.9. The van der Waals surface area contributed by atoms with Crippen LogP contribution in [0, 0.1) is 5.41 Å². The van der Waals surface area contributed by atoms with E-state index < -0.39 is 0 Å². The highest BCUT2D eigenvalue weighted by atomic mass is 16.2. The Hall–Kier alpha value is -0.570. The van der Waals surface area contributed by atoms with Crippen molar-refractivity contribution < 1.29 is 4.79 Å². The highest BCUT2D eigenvalue weighted by Crippen LogP contribution is 2.38. The van der Waals surface area contributed by atoms with Gasteiger partial charge in [-0.05, 0) is 32.7 Å². The fourth-order valence-corrected chi connectivity index (χ4v) is 2.73. The Balaban J connectivity index is 1.96. The standard InChI is InChI=1S/C12H22N2O/c1-11(5-3-4-6-11)10(15)14-12(2)7-8-13-9-12/h13H,3-9H2,1-2H3,(H,14,15). The maximum atomic E-state index is 12.2. The second kappa shape index (κ2) is 3.78. The summed E-state index contributed by atoms with van der Waals surface area (Å²) < 4.78 is 0. The van der Waals surface area contributed by atoms with Crippen LogP contribution in [0.3, 0.4) is 0 Å². The SMILES string of the molecule is CC1(NC(=O)C2(C)CCCC2)CCNC1. The molecule has 1 heterocycles. The highest BCUT2D eigenvalue weighted by molar-refractivity contribution is 5.83. The van der Waals surface area contributed by atoms with Crippen LogP contribution in [0.4, 0.5) is 0 Å². The van der Waals surface area contributed by atoms with E-state index in [4.69, 9.17) is 0 Å². The van der Waals surface area contributed by atoms with E-state index in [0.29, 0.717) is 0 Å². The summed E-state index contributed by atoms with van der Waals surface area (Å²) in [7, 11) is 0. The summed E-state index contributed by atoms with van der Waals surface area (Å²) >= 11 is 0. The van der Waals surface area contributed by atoms with Gasteiger partial charge in [0.15, 0.2) is 0 Å².